The Balaban J connectivity index is 2.07. The minimum absolute atomic E-state index is 0.273. The van der Waals surface area contributed by atoms with Crippen molar-refractivity contribution in [3.63, 3.8) is 0 Å². The van der Waals surface area contributed by atoms with Gasteiger partial charge in [-0.1, -0.05) is 23.4 Å². The maximum Gasteiger partial charge on any atom is 0.365 e. The molecule has 2 rings (SSSR count). The van der Waals surface area contributed by atoms with Gasteiger partial charge in [0.05, 0.1) is 11.3 Å². The van der Waals surface area contributed by atoms with Gasteiger partial charge in [0.15, 0.2) is 0 Å². The van der Waals surface area contributed by atoms with E-state index in [0.717, 1.165) is 23.3 Å². The maximum absolute atomic E-state index is 12.8. The first-order chi connectivity index (χ1) is 9.97. The Bertz CT molecular complexity index is 614. The van der Waals surface area contributed by atoms with Gasteiger partial charge < -0.3 is 4.84 Å². The maximum atomic E-state index is 12.8. The van der Waals surface area contributed by atoms with Crippen LogP contribution in [0.25, 0.3) is 0 Å². The monoisotopic (exact) mass is 287 g/mol. The van der Waals surface area contributed by atoms with Crippen LogP contribution in [0.4, 0.5) is 4.39 Å². The lowest BCUT2D eigenvalue weighted by Crippen LogP contribution is -2.16. The van der Waals surface area contributed by atoms with Gasteiger partial charge in [-0.05, 0) is 56.0 Å². The van der Waals surface area contributed by atoms with Crippen molar-refractivity contribution >= 4 is 11.7 Å². The van der Waals surface area contributed by atoms with Gasteiger partial charge >= 0.3 is 5.97 Å². The third kappa shape index (κ3) is 3.88. The minimum atomic E-state index is -0.590. The standard InChI is InChI=1S/C17H18FNO2/c1-11(2)14-5-4-12(3)16(10-14)19-21-17(20)13-6-8-15(18)9-7-13/h4,6-9,14H,1,5,10H2,2-3H3/b19-16-/t14-/m1/s1. The summed E-state index contributed by atoms with van der Waals surface area (Å²) in [6.45, 7) is 7.89. The summed E-state index contributed by atoms with van der Waals surface area (Å²) in [6.07, 6.45) is 3.73. The Labute approximate surface area is 123 Å². The normalized spacial score (nSPS) is 20.0. The number of oxime groups is 1. The van der Waals surface area contributed by atoms with Crippen LogP contribution in [0.1, 0.15) is 37.0 Å². The molecular weight excluding hydrogens is 269 g/mol. The van der Waals surface area contributed by atoms with E-state index >= 15 is 0 Å². The fourth-order valence-electron chi connectivity index (χ4n) is 2.13. The van der Waals surface area contributed by atoms with Crippen LogP contribution in [0.2, 0.25) is 0 Å². The van der Waals surface area contributed by atoms with Gasteiger partial charge in [-0.25, -0.2) is 9.18 Å². The molecule has 0 amide bonds. The molecule has 0 saturated carbocycles. The summed E-state index contributed by atoms with van der Waals surface area (Å²) in [5.41, 5.74) is 3.13. The molecule has 1 aliphatic carbocycles. The van der Waals surface area contributed by atoms with Crippen LogP contribution in [0.15, 0.2) is 53.2 Å². The second kappa shape index (κ2) is 6.48. The van der Waals surface area contributed by atoms with E-state index in [4.69, 9.17) is 4.84 Å². The second-order valence-electron chi connectivity index (χ2n) is 5.29. The molecule has 21 heavy (non-hydrogen) atoms. The van der Waals surface area contributed by atoms with Crippen LogP contribution in [-0.4, -0.2) is 11.7 Å². The first-order valence-corrected chi connectivity index (χ1v) is 6.83. The average Bonchev–Trinajstić information content (AvgIpc) is 2.46. The highest BCUT2D eigenvalue weighted by molar-refractivity contribution is 6.01. The van der Waals surface area contributed by atoms with Gasteiger partial charge in [0.2, 0.25) is 0 Å². The molecule has 0 radical (unpaired) electrons. The number of allylic oxidation sites excluding steroid dienone is 3. The second-order valence-corrected chi connectivity index (χ2v) is 5.29. The lowest BCUT2D eigenvalue weighted by molar-refractivity contribution is 0.0515. The van der Waals surface area contributed by atoms with E-state index < -0.39 is 11.8 Å². The molecule has 0 heterocycles. The Hall–Kier alpha value is -2.23. The third-order valence-corrected chi connectivity index (χ3v) is 3.62. The van der Waals surface area contributed by atoms with Gasteiger partial charge in [0, 0.05) is 6.42 Å². The number of hydrogen-bond donors (Lipinski definition) is 0. The smallest absolute Gasteiger partial charge is 0.313 e. The number of carbonyl (C=O) groups is 1. The molecule has 0 aromatic heterocycles. The van der Waals surface area contributed by atoms with E-state index in [2.05, 4.69) is 17.8 Å². The molecule has 1 aliphatic rings. The first-order valence-electron chi connectivity index (χ1n) is 6.83. The fourth-order valence-corrected chi connectivity index (χ4v) is 2.13. The Morgan fingerprint density at radius 2 is 2.05 bits per heavy atom. The van der Waals surface area contributed by atoms with Crippen molar-refractivity contribution in [2.24, 2.45) is 11.1 Å². The SMILES string of the molecule is C=C(C)[C@@H]1CC=C(C)/C(=N\OC(=O)c2ccc(F)cc2)C1. The predicted octanol–water partition coefficient (Wildman–Crippen LogP) is 4.27. The highest BCUT2D eigenvalue weighted by Gasteiger charge is 2.19. The summed E-state index contributed by atoms with van der Waals surface area (Å²) in [7, 11) is 0. The van der Waals surface area contributed by atoms with E-state index in [1.165, 1.54) is 24.3 Å². The zero-order valence-electron chi connectivity index (χ0n) is 12.2. The molecule has 1 aromatic rings. The van der Waals surface area contributed by atoms with Crippen molar-refractivity contribution < 1.29 is 14.0 Å². The van der Waals surface area contributed by atoms with Gasteiger partial charge in [0.1, 0.15) is 5.82 Å². The van der Waals surface area contributed by atoms with Gasteiger partial charge in [0.25, 0.3) is 0 Å². The topological polar surface area (TPSA) is 38.7 Å². The molecule has 0 N–H and O–H groups in total. The van der Waals surface area contributed by atoms with Crippen LogP contribution in [0.3, 0.4) is 0 Å². The van der Waals surface area contributed by atoms with Gasteiger partial charge in [-0.3, -0.25) is 0 Å². The fraction of sp³-hybridized carbons (Fsp3) is 0.294. The minimum Gasteiger partial charge on any atom is -0.313 e. The van der Waals surface area contributed by atoms with Crippen LogP contribution >= 0.6 is 0 Å². The number of nitrogens with zero attached hydrogens (tertiary/aromatic N) is 1. The summed E-state index contributed by atoms with van der Waals surface area (Å²) >= 11 is 0. The Morgan fingerprint density at radius 3 is 2.67 bits per heavy atom. The van der Waals surface area contributed by atoms with E-state index in [1.807, 2.05) is 13.8 Å². The van der Waals surface area contributed by atoms with E-state index in [0.29, 0.717) is 12.3 Å². The number of benzene rings is 1. The van der Waals surface area contributed by atoms with Crippen molar-refractivity contribution in [3.05, 3.63) is 59.4 Å². The Kier molecular flexibility index (Phi) is 4.68. The molecule has 0 bridgehead atoms. The molecule has 1 atom stereocenters. The van der Waals surface area contributed by atoms with Crippen LogP contribution in [-0.2, 0) is 4.84 Å². The molecule has 0 fully saturated rings. The van der Waals surface area contributed by atoms with Crippen molar-refractivity contribution in [2.75, 3.05) is 0 Å². The highest BCUT2D eigenvalue weighted by Crippen LogP contribution is 2.26. The van der Waals surface area contributed by atoms with E-state index in [9.17, 15) is 9.18 Å². The molecule has 0 unspecified atom stereocenters. The molecule has 0 saturated heterocycles. The molecular formula is C17H18FNO2. The lowest BCUT2D eigenvalue weighted by atomic mass is 9.85. The summed E-state index contributed by atoms with van der Waals surface area (Å²) in [4.78, 5) is 16.8. The Morgan fingerprint density at radius 1 is 1.38 bits per heavy atom. The summed E-state index contributed by atoms with van der Waals surface area (Å²) in [5.74, 6) is -0.655. The van der Waals surface area contributed by atoms with Crippen LogP contribution in [0.5, 0.6) is 0 Å². The summed E-state index contributed by atoms with van der Waals surface area (Å²) in [6, 6.07) is 5.18. The first kappa shape index (κ1) is 15.2. The van der Waals surface area contributed by atoms with Crippen LogP contribution in [0, 0.1) is 11.7 Å². The number of hydrogen-bond acceptors (Lipinski definition) is 3. The zero-order valence-corrected chi connectivity index (χ0v) is 12.2. The summed E-state index contributed by atoms with van der Waals surface area (Å²) in [5, 5.41) is 3.96. The van der Waals surface area contributed by atoms with Crippen LogP contribution < -0.4 is 0 Å². The van der Waals surface area contributed by atoms with E-state index in [-0.39, 0.29) is 5.56 Å². The molecule has 110 valence electrons. The van der Waals surface area contributed by atoms with E-state index in [1.54, 1.807) is 0 Å². The molecule has 0 spiro atoms. The highest BCUT2D eigenvalue weighted by atomic mass is 19.1. The molecule has 0 aliphatic heterocycles. The predicted molar refractivity (Wildman–Crippen MR) is 80.5 cm³/mol. The van der Waals surface area contributed by atoms with Gasteiger partial charge in [-0.2, -0.15) is 0 Å². The van der Waals surface area contributed by atoms with Crippen molar-refractivity contribution in [1.29, 1.82) is 0 Å². The average molecular weight is 287 g/mol. The van der Waals surface area contributed by atoms with Gasteiger partial charge in [-0.15, -0.1) is 0 Å². The largest absolute Gasteiger partial charge is 0.365 e. The molecule has 1 aromatic carbocycles. The number of carbonyl (C=O) groups excluding carboxylic acids is 1. The number of rotatable bonds is 3. The van der Waals surface area contributed by atoms with Crippen molar-refractivity contribution in [1.82, 2.24) is 0 Å². The molecule has 3 nitrogen and oxygen atoms in total. The number of halogens is 1. The molecule has 4 heteroatoms. The van der Waals surface area contributed by atoms with Crippen molar-refractivity contribution in [3.8, 4) is 0 Å². The third-order valence-electron chi connectivity index (χ3n) is 3.62. The quantitative estimate of drug-likeness (QED) is 0.473. The zero-order chi connectivity index (χ0) is 15.4. The summed E-state index contributed by atoms with van der Waals surface area (Å²) < 4.78 is 12.8. The van der Waals surface area contributed by atoms with Crippen molar-refractivity contribution in [2.45, 2.75) is 26.7 Å². The lowest BCUT2D eigenvalue weighted by Gasteiger charge is -2.21.